The summed E-state index contributed by atoms with van der Waals surface area (Å²) in [4.78, 5) is 27.3. The number of hydrogen-bond donors (Lipinski definition) is 1. The SMILES string of the molecule is COc1ccc(CCNC(=O)Cc2ccc(N(Cc3cccc(F)c3)C(=O)/C=C/c3ccccc3)cc2)cc1. The van der Waals surface area contributed by atoms with Crippen molar-refractivity contribution >= 4 is 23.6 Å². The molecule has 0 heterocycles. The van der Waals surface area contributed by atoms with Crippen LogP contribution in [0, 0.1) is 5.82 Å². The molecular weight excluding hydrogens is 491 g/mol. The van der Waals surface area contributed by atoms with Gasteiger partial charge in [0.05, 0.1) is 20.1 Å². The number of rotatable bonds is 11. The molecule has 0 saturated carbocycles. The number of carbonyl (C=O) groups excluding carboxylic acids is 2. The number of methoxy groups -OCH3 is 1. The first-order chi connectivity index (χ1) is 19.0. The summed E-state index contributed by atoms with van der Waals surface area (Å²) in [6, 6.07) is 30.8. The molecule has 4 rings (SSSR count). The van der Waals surface area contributed by atoms with E-state index in [0.717, 1.165) is 28.9 Å². The molecule has 1 N–H and O–H groups in total. The first kappa shape index (κ1) is 27.3. The Morgan fingerprint density at radius 3 is 2.26 bits per heavy atom. The first-order valence-electron chi connectivity index (χ1n) is 12.8. The van der Waals surface area contributed by atoms with Crippen molar-refractivity contribution in [1.29, 1.82) is 0 Å². The summed E-state index contributed by atoms with van der Waals surface area (Å²) in [6.45, 7) is 0.744. The number of hydrogen-bond acceptors (Lipinski definition) is 3. The number of benzene rings is 4. The van der Waals surface area contributed by atoms with Crippen LogP contribution >= 0.6 is 0 Å². The number of ether oxygens (including phenoxy) is 1. The molecule has 0 unspecified atom stereocenters. The van der Waals surface area contributed by atoms with Crippen LogP contribution in [0.5, 0.6) is 5.75 Å². The second kappa shape index (κ2) is 13.7. The van der Waals surface area contributed by atoms with E-state index < -0.39 is 0 Å². The lowest BCUT2D eigenvalue weighted by atomic mass is 10.1. The van der Waals surface area contributed by atoms with E-state index in [1.54, 1.807) is 30.2 Å². The molecule has 6 heteroatoms. The van der Waals surface area contributed by atoms with E-state index in [9.17, 15) is 14.0 Å². The van der Waals surface area contributed by atoms with Gasteiger partial charge in [0.25, 0.3) is 5.91 Å². The molecule has 0 spiro atoms. The Labute approximate surface area is 228 Å². The van der Waals surface area contributed by atoms with Crippen molar-refractivity contribution < 1.29 is 18.7 Å². The van der Waals surface area contributed by atoms with E-state index in [4.69, 9.17) is 4.74 Å². The van der Waals surface area contributed by atoms with E-state index >= 15 is 0 Å². The molecule has 0 aliphatic carbocycles. The molecule has 4 aromatic carbocycles. The zero-order valence-corrected chi connectivity index (χ0v) is 21.8. The van der Waals surface area contributed by atoms with Gasteiger partial charge in [-0.3, -0.25) is 9.59 Å². The number of anilines is 1. The average Bonchev–Trinajstić information content (AvgIpc) is 2.96. The molecule has 198 valence electrons. The van der Waals surface area contributed by atoms with Gasteiger partial charge in [0.1, 0.15) is 11.6 Å². The van der Waals surface area contributed by atoms with Crippen LogP contribution in [0.1, 0.15) is 22.3 Å². The summed E-state index contributed by atoms with van der Waals surface area (Å²) in [5.74, 6) is 0.143. The Bertz CT molecular complexity index is 1400. The van der Waals surface area contributed by atoms with Crippen LogP contribution in [-0.4, -0.2) is 25.5 Å². The van der Waals surface area contributed by atoms with Gasteiger partial charge in [-0.2, -0.15) is 0 Å². The minimum absolute atomic E-state index is 0.0743. The van der Waals surface area contributed by atoms with Crippen molar-refractivity contribution in [3.63, 3.8) is 0 Å². The fraction of sp³-hybridized carbons (Fsp3) is 0.152. The van der Waals surface area contributed by atoms with E-state index in [1.807, 2.05) is 78.9 Å². The third kappa shape index (κ3) is 8.40. The largest absolute Gasteiger partial charge is 0.497 e. The number of carbonyl (C=O) groups is 2. The number of halogens is 1. The molecule has 0 aromatic heterocycles. The summed E-state index contributed by atoms with van der Waals surface area (Å²) in [7, 11) is 1.63. The Balaban J connectivity index is 1.39. The van der Waals surface area contributed by atoms with Gasteiger partial charge in [-0.1, -0.05) is 66.7 Å². The third-order valence-corrected chi connectivity index (χ3v) is 6.22. The fourth-order valence-corrected chi connectivity index (χ4v) is 4.12. The topological polar surface area (TPSA) is 58.6 Å². The Hall–Kier alpha value is -4.71. The van der Waals surface area contributed by atoms with Crippen molar-refractivity contribution in [2.45, 2.75) is 19.4 Å². The van der Waals surface area contributed by atoms with E-state index in [0.29, 0.717) is 17.8 Å². The molecule has 0 bridgehead atoms. The number of nitrogens with zero attached hydrogens (tertiary/aromatic N) is 1. The van der Waals surface area contributed by atoms with Gasteiger partial charge in [0.2, 0.25) is 5.91 Å². The number of amides is 2. The molecular formula is C33H31FN2O3. The molecule has 0 atom stereocenters. The van der Waals surface area contributed by atoms with Crippen LogP contribution in [0.2, 0.25) is 0 Å². The molecule has 0 radical (unpaired) electrons. The molecule has 2 amide bonds. The van der Waals surface area contributed by atoms with Crippen molar-refractivity contribution in [3.8, 4) is 5.75 Å². The van der Waals surface area contributed by atoms with E-state index in [1.165, 1.54) is 18.2 Å². The Kier molecular flexibility index (Phi) is 9.62. The van der Waals surface area contributed by atoms with E-state index in [-0.39, 0.29) is 30.6 Å². The normalized spacial score (nSPS) is 10.8. The maximum atomic E-state index is 13.8. The highest BCUT2D eigenvalue weighted by Crippen LogP contribution is 2.20. The highest BCUT2D eigenvalue weighted by molar-refractivity contribution is 6.03. The highest BCUT2D eigenvalue weighted by Gasteiger charge is 2.15. The van der Waals surface area contributed by atoms with Crippen LogP contribution in [0.15, 0.2) is 109 Å². The summed E-state index contributed by atoms with van der Waals surface area (Å²) in [5, 5.41) is 2.95. The van der Waals surface area contributed by atoms with Crippen LogP contribution in [0.4, 0.5) is 10.1 Å². The summed E-state index contributed by atoms with van der Waals surface area (Å²) in [5.41, 5.74) is 4.19. The second-order valence-electron chi connectivity index (χ2n) is 9.09. The summed E-state index contributed by atoms with van der Waals surface area (Å²) in [6.07, 6.45) is 4.22. The average molecular weight is 523 g/mol. The molecule has 4 aromatic rings. The van der Waals surface area contributed by atoms with Crippen molar-refractivity contribution in [1.82, 2.24) is 5.32 Å². The van der Waals surface area contributed by atoms with Gasteiger partial charge in [0.15, 0.2) is 0 Å². The van der Waals surface area contributed by atoms with Crippen molar-refractivity contribution in [2.24, 2.45) is 0 Å². The number of nitrogens with one attached hydrogen (secondary N) is 1. The third-order valence-electron chi connectivity index (χ3n) is 6.22. The zero-order chi connectivity index (χ0) is 27.5. The predicted octanol–water partition coefficient (Wildman–Crippen LogP) is 5.98. The highest BCUT2D eigenvalue weighted by atomic mass is 19.1. The van der Waals surface area contributed by atoms with Gasteiger partial charge in [-0.05, 0) is 71.1 Å². The lowest BCUT2D eigenvalue weighted by Crippen LogP contribution is -2.29. The molecule has 0 fully saturated rings. The standard InChI is InChI=1S/C33H31FN2O3/c1-39-31-17-12-26(13-18-31)20-21-35-32(37)23-27-10-15-30(16-11-27)36(24-28-8-5-9-29(34)22-28)33(38)19-14-25-6-3-2-4-7-25/h2-19,22H,20-21,23-24H2,1H3,(H,35,37)/b19-14+. The minimum Gasteiger partial charge on any atom is -0.497 e. The van der Waals surface area contributed by atoms with Crippen molar-refractivity contribution in [3.05, 3.63) is 137 Å². The molecule has 0 aliphatic heterocycles. The zero-order valence-electron chi connectivity index (χ0n) is 21.8. The van der Waals surface area contributed by atoms with Gasteiger partial charge in [-0.25, -0.2) is 4.39 Å². The molecule has 0 aliphatic rings. The van der Waals surface area contributed by atoms with Crippen LogP contribution in [0.3, 0.4) is 0 Å². The predicted molar refractivity (Wildman–Crippen MR) is 153 cm³/mol. The Morgan fingerprint density at radius 2 is 1.56 bits per heavy atom. The Morgan fingerprint density at radius 1 is 0.846 bits per heavy atom. The lowest BCUT2D eigenvalue weighted by molar-refractivity contribution is -0.120. The van der Waals surface area contributed by atoms with Gasteiger partial charge < -0.3 is 15.0 Å². The maximum Gasteiger partial charge on any atom is 0.251 e. The van der Waals surface area contributed by atoms with Crippen LogP contribution < -0.4 is 15.0 Å². The maximum absolute atomic E-state index is 13.8. The van der Waals surface area contributed by atoms with Gasteiger partial charge in [-0.15, -0.1) is 0 Å². The van der Waals surface area contributed by atoms with Gasteiger partial charge >= 0.3 is 0 Å². The van der Waals surface area contributed by atoms with Crippen molar-refractivity contribution in [2.75, 3.05) is 18.6 Å². The molecule has 5 nitrogen and oxygen atoms in total. The molecule has 0 saturated heterocycles. The van der Waals surface area contributed by atoms with Crippen LogP contribution in [0.25, 0.3) is 6.08 Å². The second-order valence-corrected chi connectivity index (χ2v) is 9.09. The molecule has 39 heavy (non-hydrogen) atoms. The van der Waals surface area contributed by atoms with Crippen LogP contribution in [-0.2, 0) is 29.0 Å². The smallest absolute Gasteiger partial charge is 0.251 e. The first-order valence-corrected chi connectivity index (χ1v) is 12.8. The monoisotopic (exact) mass is 522 g/mol. The summed E-state index contributed by atoms with van der Waals surface area (Å²) >= 11 is 0. The van der Waals surface area contributed by atoms with Gasteiger partial charge in [0, 0.05) is 18.3 Å². The fourth-order valence-electron chi connectivity index (χ4n) is 4.12. The van der Waals surface area contributed by atoms with E-state index in [2.05, 4.69) is 5.32 Å². The lowest BCUT2D eigenvalue weighted by Gasteiger charge is -2.22. The minimum atomic E-state index is -0.354. The summed E-state index contributed by atoms with van der Waals surface area (Å²) < 4.78 is 19.0. The quantitative estimate of drug-likeness (QED) is 0.247.